The molecule has 1 heterocycles. The van der Waals surface area contributed by atoms with Crippen molar-refractivity contribution in [2.45, 2.75) is 37.9 Å². The minimum absolute atomic E-state index is 0.329. The average Bonchev–Trinajstić information content (AvgIpc) is 2.47. The molecule has 1 aliphatic heterocycles. The zero-order valence-electron chi connectivity index (χ0n) is 8.42. The lowest BCUT2D eigenvalue weighted by Crippen LogP contribution is -2.28. The van der Waals surface area contributed by atoms with E-state index in [9.17, 15) is 4.79 Å². The van der Waals surface area contributed by atoms with Crippen molar-refractivity contribution in [2.24, 2.45) is 5.92 Å². The third kappa shape index (κ3) is 3.67. The van der Waals surface area contributed by atoms with Crippen molar-refractivity contribution < 1.29 is 4.79 Å². The van der Waals surface area contributed by atoms with Crippen LogP contribution in [0.2, 0.25) is 0 Å². The highest BCUT2D eigenvalue weighted by atomic mass is 79.9. The van der Waals surface area contributed by atoms with Crippen LogP contribution in [-0.2, 0) is 4.79 Å². The fourth-order valence-corrected chi connectivity index (χ4v) is 2.07. The largest absolute Gasteiger partial charge is 0.342 e. The molecule has 0 spiro atoms. The first-order chi connectivity index (χ1) is 6.09. The topological polar surface area (TPSA) is 20.3 Å². The van der Waals surface area contributed by atoms with Gasteiger partial charge in [0.05, 0.1) is 0 Å². The van der Waals surface area contributed by atoms with Crippen LogP contribution in [0.25, 0.3) is 0 Å². The van der Waals surface area contributed by atoms with Crippen molar-refractivity contribution in [1.29, 1.82) is 0 Å². The molecule has 1 rings (SSSR count). The van der Waals surface area contributed by atoms with E-state index in [-0.39, 0.29) is 0 Å². The molecule has 3 heteroatoms. The van der Waals surface area contributed by atoms with Crippen LogP contribution in [0.5, 0.6) is 0 Å². The van der Waals surface area contributed by atoms with Gasteiger partial charge < -0.3 is 4.90 Å². The molecule has 1 saturated heterocycles. The summed E-state index contributed by atoms with van der Waals surface area (Å²) in [6, 6.07) is 0. The Hall–Kier alpha value is -0.0500. The first-order valence-corrected chi connectivity index (χ1v) is 5.93. The lowest BCUT2D eigenvalue weighted by molar-refractivity contribution is -0.130. The molecule has 1 aliphatic rings. The maximum Gasteiger partial charge on any atom is 0.222 e. The Kier molecular flexibility index (Phi) is 4.23. The van der Waals surface area contributed by atoms with Crippen LogP contribution in [-0.4, -0.2) is 28.7 Å². The monoisotopic (exact) mass is 247 g/mol. The molecule has 0 aromatic carbocycles. The first-order valence-electron chi connectivity index (χ1n) is 5.01. The van der Waals surface area contributed by atoms with Gasteiger partial charge in [-0.15, -0.1) is 0 Å². The van der Waals surface area contributed by atoms with Crippen molar-refractivity contribution in [3.05, 3.63) is 0 Å². The molecular formula is C10H18BrNO. The predicted octanol–water partition coefficient (Wildman–Crippen LogP) is 2.42. The second-order valence-electron chi connectivity index (χ2n) is 4.16. The Bertz CT molecular complexity index is 182. The summed E-state index contributed by atoms with van der Waals surface area (Å²) >= 11 is 3.53. The second kappa shape index (κ2) is 4.99. The molecule has 0 aromatic rings. The molecule has 1 atom stereocenters. The summed E-state index contributed by atoms with van der Waals surface area (Å²) in [5, 5.41) is 0. The smallest absolute Gasteiger partial charge is 0.222 e. The van der Waals surface area contributed by atoms with Crippen molar-refractivity contribution in [3.63, 3.8) is 0 Å². The van der Waals surface area contributed by atoms with Gasteiger partial charge in [-0.2, -0.15) is 0 Å². The molecule has 2 nitrogen and oxygen atoms in total. The molecule has 1 unspecified atom stereocenters. The van der Waals surface area contributed by atoms with E-state index in [4.69, 9.17) is 0 Å². The number of carbonyl (C=O) groups excluding carboxylic acids is 1. The predicted molar refractivity (Wildman–Crippen MR) is 58.0 cm³/mol. The quantitative estimate of drug-likeness (QED) is 0.702. The maximum absolute atomic E-state index is 11.6. The van der Waals surface area contributed by atoms with Gasteiger partial charge in [0.15, 0.2) is 0 Å². The number of alkyl halides is 1. The van der Waals surface area contributed by atoms with E-state index >= 15 is 0 Å². The van der Waals surface area contributed by atoms with Crippen LogP contribution >= 0.6 is 15.9 Å². The molecule has 0 saturated carbocycles. The van der Waals surface area contributed by atoms with Crippen molar-refractivity contribution in [1.82, 2.24) is 4.90 Å². The SMILES string of the molecule is CC(C)CCC(=O)N1CCC(Br)C1. The van der Waals surface area contributed by atoms with Crippen LogP contribution in [0.3, 0.4) is 0 Å². The van der Waals surface area contributed by atoms with E-state index in [2.05, 4.69) is 29.8 Å². The number of rotatable bonds is 3. The number of amides is 1. The molecule has 0 aromatic heterocycles. The third-order valence-electron chi connectivity index (χ3n) is 2.42. The van der Waals surface area contributed by atoms with Crippen molar-refractivity contribution in [2.75, 3.05) is 13.1 Å². The summed E-state index contributed by atoms with van der Waals surface area (Å²) in [7, 11) is 0. The molecule has 0 aliphatic carbocycles. The lowest BCUT2D eigenvalue weighted by atomic mass is 10.1. The minimum atomic E-state index is 0.329. The number of halogens is 1. The Morgan fingerprint density at radius 1 is 1.62 bits per heavy atom. The number of likely N-dealkylation sites (tertiary alicyclic amines) is 1. The Labute approximate surface area is 88.8 Å². The second-order valence-corrected chi connectivity index (χ2v) is 5.45. The summed E-state index contributed by atoms with van der Waals surface area (Å²) in [5.41, 5.74) is 0. The Balaban J connectivity index is 2.24. The van der Waals surface area contributed by atoms with E-state index < -0.39 is 0 Å². The summed E-state index contributed by atoms with van der Waals surface area (Å²) in [5.74, 6) is 0.960. The minimum Gasteiger partial charge on any atom is -0.342 e. The van der Waals surface area contributed by atoms with E-state index in [0.29, 0.717) is 16.7 Å². The molecule has 0 N–H and O–H groups in total. The van der Waals surface area contributed by atoms with Gasteiger partial charge >= 0.3 is 0 Å². The van der Waals surface area contributed by atoms with Crippen molar-refractivity contribution in [3.8, 4) is 0 Å². The van der Waals surface area contributed by atoms with Crippen LogP contribution in [0.1, 0.15) is 33.1 Å². The highest BCUT2D eigenvalue weighted by Crippen LogP contribution is 2.18. The number of hydrogen-bond acceptors (Lipinski definition) is 1. The molecule has 13 heavy (non-hydrogen) atoms. The fourth-order valence-electron chi connectivity index (χ4n) is 1.51. The molecule has 76 valence electrons. The van der Waals surface area contributed by atoms with Gasteiger partial charge in [-0.3, -0.25) is 4.79 Å². The number of carbonyl (C=O) groups is 1. The summed E-state index contributed by atoms with van der Waals surface area (Å²) in [6.45, 7) is 6.15. The molecule has 0 radical (unpaired) electrons. The summed E-state index contributed by atoms with van der Waals surface area (Å²) in [4.78, 5) is 14.1. The molecule has 1 amide bonds. The van der Waals surface area contributed by atoms with Gasteiger partial charge in [0, 0.05) is 24.3 Å². The number of nitrogens with zero attached hydrogens (tertiary/aromatic N) is 1. The number of hydrogen-bond donors (Lipinski definition) is 0. The normalized spacial score (nSPS) is 22.8. The van der Waals surface area contributed by atoms with Crippen LogP contribution in [0.4, 0.5) is 0 Å². The van der Waals surface area contributed by atoms with E-state index in [1.165, 1.54) is 0 Å². The highest BCUT2D eigenvalue weighted by molar-refractivity contribution is 9.09. The Morgan fingerprint density at radius 3 is 2.77 bits per heavy atom. The van der Waals surface area contributed by atoms with Crippen molar-refractivity contribution >= 4 is 21.8 Å². The Morgan fingerprint density at radius 2 is 2.31 bits per heavy atom. The van der Waals surface area contributed by atoms with Gasteiger partial charge in [0.25, 0.3) is 0 Å². The maximum atomic E-state index is 11.6. The van der Waals surface area contributed by atoms with Gasteiger partial charge in [0.2, 0.25) is 5.91 Å². The molecule has 1 fully saturated rings. The zero-order chi connectivity index (χ0) is 9.84. The van der Waals surface area contributed by atoms with Gasteiger partial charge in [-0.25, -0.2) is 0 Å². The molecular weight excluding hydrogens is 230 g/mol. The van der Waals surface area contributed by atoms with E-state index in [1.807, 2.05) is 4.90 Å². The molecule has 0 bridgehead atoms. The van der Waals surface area contributed by atoms with Gasteiger partial charge in [0.1, 0.15) is 0 Å². The standard InChI is InChI=1S/C10H18BrNO/c1-8(2)3-4-10(13)12-6-5-9(11)7-12/h8-9H,3-7H2,1-2H3. The highest BCUT2D eigenvalue weighted by Gasteiger charge is 2.23. The van der Waals surface area contributed by atoms with E-state index in [0.717, 1.165) is 32.4 Å². The average molecular weight is 248 g/mol. The fraction of sp³-hybridized carbons (Fsp3) is 0.900. The summed E-state index contributed by atoms with van der Waals surface area (Å²) in [6.07, 6.45) is 2.84. The summed E-state index contributed by atoms with van der Waals surface area (Å²) < 4.78 is 0. The van der Waals surface area contributed by atoms with Crippen LogP contribution in [0, 0.1) is 5.92 Å². The zero-order valence-corrected chi connectivity index (χ0v) is 10.0. The lowest BCUT2D eigenvalue weighted by Gasteiger charge is -2.15. The van der Waals surface area contributed by atoms with Crippen LogP contribution < -0.4 is 0 Å². The van der Waals surface area contributed by atoms with Crippen LogP contribution in [0.15, 0.2) is 0 Å². The van der Waals surface area contributed by atoms with Gasteiger partial charge in [-0.05, 0) is 18.8 Å². The third-order valence-corrected chi connectivity index (χ3v) is 3.17. The first kappa shape index (κ1) is 11.0. The van der Waals surface area contributed by atoms with E-state index in [1.54, 1.807) is 0 Å². The van der Waals surface area contributed by atoms with Gasteiger partial charge in [-0.1, -0.05) is 29.8 Å².